The van der Waals surface area contributed by atoms with Gasteiger partial charge in [0.2, 0.25) is 6.29 Å². The van der Waals surface area contributed by atoms with Gasteiger partial charge in [0.05, 0.1) is 10.8 Å². The molecule has 1 heterocycles. The van der Waals surface area contributed by atoms with Crippen LogP contribution in [0.15, 0.2) is 22.8 Å². The van der Waals surface area contributed by atoms with Gasteiger partial charge >= 0.3 is 11.9 Å². The molecule has 0 bridgehead atoms. The third-order valence-electron chi connectivity index (χ3n) is 6.25. The van der Waals surface area contributed by atoms with Crippen LogP contribution in [0.3, 0.4) is 0 Å². The number of aldehydes is 1. The Kier molecular flexibility index (Phi) is 3.18. The molecular weight excluding hydrogens is 324 g/mol. The monoisotopic (exact) mass is 346 g/mol. The number of hydrogen-bond donors (Lipinski definition) is 1. The number of carbonyl (C=O) groups is 3. The fourth-order valence-electron chi connectivity index (χ4n) is 5.05. The van der Waals surface area contributed by atoms with Crippen LogP contribution in [0, 0.1) is 16.2 Å². The quantitative estimate of drug-likeness (QED) is 0.617. The summed E-state index contributed by atoms with van der Waals surface area (Å²) in [5.74, 6) is -0.749. The summed E-state index contributed by atoms with van der Waals surface area (Å²) in [5, 5.41) is 10.3. The highest BCUT2D eigenvalue weighted by Crippen LogP contribution is 2.79. The van der Waals surface area contributed by atoms with Crippen molar-refractivity contribution in [3.05, 3.63) is 22.8 Å². The van der Waals surface area contributed by atoms with E-state index in [1.54, 1.807) is 0 Å². The molecular formula is C19H22O6. The molecule has 3 aliphatic carbocycles. The van der Waals surface area contributed by atoms with E-state index in [9.17, 15) is 19.5 Å². The molecule has 2 fully saturated rings. The number of aliphatic hydroxyl groups is 1. The maximum absolute atomic E-state index is 12.3. The van der Waals surface area contributed by atoms with E-state index in [0.717, 1.165) is 5.57 Å². The number of rotatable bonds is 4. The van der Waals surface area contributed by atoms with Gasteiger partial charge in [-0.15, -0.1) is 0 Å². The molecule has 134 valence electrons. The first-order valence-electron chi connectivity index (χ1n) is 8.74. The van der Waals surface area contributed by atoms with Crippen LogP contribution in [0.2, 0.25) is 0 Å². The fraction of sp³-hybridized carbons (Fsp3) is 0.632. The molecule has 0 aromatic carbocycles. The molecule has 0 spiro atoms. The Balaban J connectivity index is 1.83. The maximum atomic E-state index is 12.3. The Morgan fingerprint density at radius 2 is 2.20 bits per heavy atom. The average Bonchev–Trinajstić information content (AvgIpc) is 3.09. The second-order valence-corrected chi connectivity index (χ2v) is 8.22. The molecule has 6 heteroatoms. The van der Waals surface area contributed by atoms with Crippen molar-refractivity contribution >= 4 is 18.2 Å². The van der Waals surface area contributed by atoms with Crippen LogP contribution in [0.25, 0.3) is 0 Å². The Morgan fingerprint density at radius 1 is 1.48 bits per heavy atom. The molecule has 4 atom stereocenters. The number of ether oxygens (including phenoxy) is 2. The lowest BCUT2D eigenvalue weighted by atomic mass is 9.73. The Hall–Kier alpha value is -1.95. The first kappa shape index (κ1) is 16.5. The summed E-state index contributed by atoms with van der Waals surface area (Å²) in [7, 11) is 0. The molecule has 0 unspecified atom stereocenters. The van der Waals surface area contributed by atoms with Gasteiger partial charge in [-0.3, -0.25) is 14.4 Å². The van der Waals surface area contributed by atoms with Crippen LogP contribution in [-0.2, 0) is 23.9 Å². The number of carbonyl (C=O) groups excluding carboxylic acids is 3. The first-order valence-corrected chi connectivity index (χ1v) is 8.74. The van der Waals surface area contributed by atoms with Crippen molar-refractivity contribution in [3.63, 3.8) is 0 Å². The van der Waals surface area contributed by atoms with Crippen LogP contribution in [0.4, 0.5) is 0 Å². The zero-order chi connectivity index (χ0) is 18.2. The third-order valence-corrected chi connectivity index (χ3v) is 6.25. The highest BCUT2D eigenvalue weighted by atomic mass is 16.6. The fourth-order valence-corrected chi connectivity index (χ4v) is 5.05. The number of fused-ring (bicyclic) bond motifs is 1. The van der Waals surface area contributed by atoms with E-state index in [2.05, 4.69) is 0 Å². The van der Waals surface area contributed by atoms with Gasteiger partial charge in [0.15, 0.2) is 0 Å². The van der Waals surface area contributed by atoms with Crippen molar-refractivity contribution in [1.82, 2.24) is 0 Å². The molecule has 4 rings (SSSR count). The number of hydrogen-bond acceptors (Lipinski definition) is 6. The van der Waals surface area contributed by atoms with Gasteiger partial charge in [-0.1, -0.05) is 26.8 Å². The second kappa shape index (κ2) is 4.81. The topological polar surface area (TPSA) is 89.9 Å². The molecule has 0 aromatic rings. The van der Waals surface area contributed by atoms with Crippen LogP contribution in [0.5, 0.6) is 0 Å². The number of aliphatic hydroxyl groups excluding tert-OH is 1. The van der Waals surface area contributed by atoms with E-state index in [0.29, 0.717) is 43.1 Å². The summed E-state index contributed by atoms with van der Waals surface area (Å²) in [6.07, 6.45) is 2.61. The number of cyclic esters (lactones) is 1. The number of esters is 2. The summed E-state index contributed by atoms with van der Waals surface area (Å²) in [4.78, 5) is 36.4. The minimum atomic E-state index is -1.31. The largest absolute Gasteiger partial charge is 0.457 e. The Labute approximate surface area is 145 Å². The normalized spacial score (nSPS) is 39.8. The van der Waals surface area contributed by atoms with E-state index in [4.69, 9.17) is 9.47 Å². The molecule has 0 amide bonds. The van der Waals surface area contributed by atoms with Crippen molar-refractivity contribution < 1.29 is 29.0 Å². The highest BCUT2D eigenvalue weighted by molar-refractivity contribution is 5.95. The SMILES string of the molecule is CCCC(=O)O[C@@H]1C2=C(C=O)[C@@]34C[C@]3(CC2=CC1(C)C)C(=O)O[C@H]4O. The smallest absolute Gasteiger partial charge is 0.315 e. The minimum absolute atomic E-state index is 0.308. The van der Waals surface area contributed by atoms with Crippen molar-refractivity contribution in [2.75, 3.05) is 0 Å². The standard InChI is InChI=1S/C19H22O6/c1-4-5-12(21)24-14-13-10(6-17(14,2)3)7-18-9-19(18,11(13)8-20)16(23)25-15(18)22/h6,8,14,16,23H,4-5,7,9H2,1-3H3/t14-,16-,18-,19-/m1/s1. The second-order valence-electron chi connectivity index (χ2n) is 8.22. The van der Waals surface area contributed by atoms with Crippen LogP contribution < -0.4 is 0 Å². The van der Waals surface area contributed by atoms with Crippen molar-refractivity contribution in [3.8, 4) is 0 Å². The summed E-state index contributed by atoms with van der Waals surface area (Å²) < 4.78 is 10.8. The van der Waals surface area contributed by atoms with Gasteiger partial charge in [0, 0.05) is 23.0 Å². The third kappa shape index (κ3) is 1.81. The van der Waals surface area contributed by atoms with Gasteiger partial charge in [-0.25, -0.2) is 0 Å². The molecule has 25 heavy (non-hydrogen) atoms. The van der Waals surface area contributed by atoms with E-state index in [-0.39, 0.29) is 5.97 Å². The predicted octanol–water partition coefficient (Wildman–Crippen LogP) is 1.82. The van der Waals surface area contributed by atoms with Crippen molar-refractivity contribution in [2.45, 2.75) is 58.8 Å². The summed E-state index contributed by atoms with van der Waals surface area (Å²) >= 11 is 0. The molecule has 6 nitrogen and oxygen atoms in total. The first-order chi connectivity index (χ1) is 11.7. The van der Waals surface area contributed by atoms with Crippen LogP contribution in [-0.4, -0.2) is 35.7 Å². The van der Waals surface area contributed by atoms with Gasteiger partial charge in [0.1, 0.15) is 12.4 Å². The van der Waals surface area contributed by atoms with E-state index in [1.165, 1.54) is 0 Å². The molecule has 1 saturated carbocycles. The molecule has 1 saturated heterocycles. The van der Waals surface area contributed by atoms with E-state index >= 15 is 0 Å². The molecule has 1 N–H and O–H groups in total. The van der Waals surface area contributed by atoms with Gasteiger partial charge in [-0.05, 0) is 24.8 Å². The summed E-state index contributed by atoms with van der Waals surface area (Å²) in [6, 6.07) is 0. The summed E-state index contributed by atoms with van der Waals surface area (Å²) in [6.45, 7) is 5.79. The van der Waals surface area contributed by atoms with Crippen molar-refractivity contribution in [1.29, 1.82) is 0 Å². The predicted molar refractivity (Wildman–Crippen MR) is 85.9 cm³/mol. The van der Waals surface area contributed by atoms with Crippen LogP contribution >= 0.6 is 0 Å². The van der Waals surface area contributed by atoms with Crippen molar-refractivity contribution in [2.24, 2.45) is 16.2 Å². The summed E-state index contributed by atoms with van der Waals surface area (Å²) in [5.41, 5.74) is -0.404. The lowest BCUT2D eigenvalue weighted by Gasteiger charge is -2.32. The average molecular weight is 346 g/mol. The zero-order valence-electron chi connectivity index (χ0n) is 14.6. The van der Waals surface area contributed by atoms with Gasteiger partial charge in [-0.2, -0.15) is 0 Å². The minimum Gasteiger partial charge on any atom is -0.457 e. The van der Waals surface area contributed by atoms with Crippen LogP contribution in [0.1, 0.15) is 46.5 Å². The molecule has 1 aliphatic heterocycles. The van der Waals surface area contributed by atoms with Gasteiger partial charge in [0.25, 0.3) is 0 Å². The highest BCUT2D eigenvalue weighted by Gasteiger charge is 2.85. The Morgan fingerprint density at radius 3 is 2.84 bits per heavy atom. The maximum Gasteiger partial charge on any atom is 0.315 e. The van der Waals surface area contributed by atoms with E-state index < -0.39 is 34.6 Å². The lowest BCUT2D eigenvalue weighted by Crippen LogP contribution is -2.36. The Bertz CT molecular complexity index is 760. The van der Waals surface area contributed by atoms with E-state index in [1.807, 2.05) is 26.8 Å². The zero-order valence-corrected chi connectivity index (χ0v) is 14.6. The molecule has 0 aromatic heterocycles. The van der Waals surface area contributed by atoms with Gasteiger partial charge < -0.3 is 14.6 Å². The molecule has 0 radical (unpaired) electrons. The lowest BCUT2D eigenvalue weighted by molar-refractivity contribution is -0.164. The molecule has 4 aliphatic rings.